The molecule has 2 aromatic rings. The second kappa shape index (κ2) is 6.53. The Bertz CT molecular complexity index is 495. The van der Waals surface area contributed by atoms with E-state index in [0.29, 0.717) is 6.04 Å². The van der Waals surface area contributed by atoms with Crippen molar-refractivity contribution >= 4 is 10.8 Å². The van der Waals surface area contributed by atoms with Crippen LogP contribution in [0.15, 0.2) is 42.5 Å². The van der Waals surface area contributed by atoms with E-state index in [-0.39, 0.29) is 0 Å². The van der Waals surface area contributed by atoms with Gasteiger partial charge in [-0.2, -0.15) is 0 Å². The van der Waals surface area contributed by atoms with Crippen molar-refractivity contribution in [3.63, 3.8) is 0 Å². The molecular formula is C16H21NO. The summed E-state index contributed by atoms with van der Waals surface area (Å²) >= 11 is 0. The minimum atomic E-state index is 0.483. The molecule has 2 rings (SSSR count). The van der Waals surface area contributed by atoms with Gasteiger partial charge >= 0.3 is 0 Å². The van der Waals surface area contributed by atoms with Gasteiger partial charge in [0.1, 0.15) is 0 Å². The summed E-state index contributed by atoms with van der Waals surface area (Å²) in [5.41, 5.74) is 1.33. The van der Waals surface area contributed by atoms with Crippen LogP contribution in [0.2, 0.25) is 0 Å². The lowest BCUT2D eigenvalue weighted by Gasteiger charge is -2.13. The van der Waals surface area contributed by atoms with E-state index in [1.165, 1.54) is 16.3 Å². The molecule has 0 aliphatic carbocycles. The van der Waals surface area contributed by atoms with Crippen molar-refractivity contribution in [2.45, 2.75) is 25.9 Å². The van der Waals surface area contributed by atoms with Gasteiger partial charge in [0.05, 0.1) is 0 Å². The SMILES string of the molecule is COCCC(C)NCc1ccc2ccccc2c1. The lowest BCUT2D eigenvalue weighted by molar-refractivity contribution is 0.184. The Morgan fingerprint density at radius 3 is 2.67 bits per heavy atom. The molecule has 18 heavy (non-hydrogen) atoms. The maximum absolute atomic E-state index is 5.08. The molecular weight excluding hydrogens is 222 g/mol. The maximum Gasteiger partial charge on any atom is 0.0476 e. The van der Waals surface area contributed by atoms with Crippen molar-refractivity contribution in [3.8, 4) is 0 Å². The van der Waals surface area contributed by atoms with Crippen LogP contribution in [0.5, 0.6) is 0 Å². The van der Waals surface area contributed by atoms with Gasteiger partial charge in [-0.1, -0.05) is 36.4 Å². The van der Waals surface area contributed by atoms with Crippen molar-refractivity contribution in [1.82, 2.24) is 5.32 Å². The minimum absolute atomic E-state index is 0.483. The van der Waals surface area contributed by atoms with E-state index in [1.807, 2.05) is 0 Å². The molecule has 96 valence electrons. The van der Waals surface area contributed by atoms with Crippen LogP contribution in [-0.4, -0.2) is 19.8 Å². The van der Waals surface area contributed by atoms with E-state index in [2.05, 4.69) is 54.7 Å². The number of fused-ring (bicyclic) bond motifs is 1. The monoisotopic (exact) mass is 243 g/mol. The van der Waals surface area contributed by atoms with Crippen LogP contribution in [0.1, 0.15) is 18.9 Å². The Morgan fingerprint density at radius 1 is 1.11 bits per heavy atom. The fourth-order valence-electron chi connectivity index (χ4n) is 2.04. The molecule has 0 spiro atoms. The zero-order valence-electron chi connectivity index (χ0n) is 11.1. The van der Waals surface area contributed by atoms with Gasteiger partial charge in [-0.05, 0) is 35.7 Å². The molecule has 0 saturated carbocycles. The summed E-state index contributed by atoms with van der Waals surface area (Å²) < 4.78 is 5.08. The van der Waals surface area contributed by atoms with Gasteiger partial charge in [-0.15, -0.1) is 0 Å². The summed E-state index contributed by atoms with van der Waals surface area (Å²) in [6.07, 6.45) is 1.05. The molecule has 2 nitrogen and oxygen atoms in total. The number of hydrogen-bond donors (Lipinski definition) is 1. The van der Waals surface area contributed by atoms with E-state index in [0.717, 1.165) is 19.6 Å². The summed E-state index contributed by atoms with van der Waals surface area (Å²) in [5.74, 6) is 0. The van der Waals surface area contributed by atoms with Crippen LogP contribution in [0.25, 0.3) is 10.8 Å². The molecule has 0 saturated heterocycles. The summed E-state index contributed by atoms with van der Waals surface area (Å²) in [5, 5.41) is 6.12. The second-order valence-electron chi connectivity index (χ2n) is 4.74. The van der Waals surface area contributed by atoms with Crippen LogP contribution < -0.4 is 5.32 Å². The Balaban J connectivity index is 1.95. The highest BCUT2D eigenvalue weighted by molar-refractivity contribution is 5.82. The second-order valence-corrected chi connectivity index (χ2v) is 4.74. The molecule has 0 heterocycles. The van der Waals surface area contributed by atoms with Gasteiger partial charge in [0.25, 0.3) is 0 Å². The molecule has 1 atom stereocenters. The fourth-order valence-corrected chi connectivity index (χ4v) is 2.04. The first-order valence-electron chi connectivity index (χ1n) is 6.49. The zero-order valence-corrected chi connectivity index (χ0v) is 11.1. The minimum Gasteiger partial charge on any atom is -0.385 e. The maximum atomic E-state index is 5.08. The Kier molecular flexibility index (Phi) is 4.73. The van der Waals surface area contributed by atoms with E-state index in [1.54, 1.807) is 7.11 Å². The number of nitrogens with one attached hydrogen (secondary N) is 1. The van der Waals surface area contributed by atoms with Crippen LogP contribution >= 0.6 is 0 Å². The summed E-state index contributed by atoms with van der Waals surface area (Å²) in [6.45, 7) is 3.92. The predicted molar refractivity (Wildman–Crippen MR) is 76.7 cm³/mol. The van der Waals surface area contributed by atoms with Crippen LogP contribution in [0.3, 0.4) is 0 Å². The van der Waals surface area contributed by atoms with Crippen molar-refractivity contribution in [1.29, 1.82) is 0 Å². The number of benzene rings is 2. The summed E-state index contributed by atoms with van der Waals surface area (Å²) in [4.78, 5) is 0. The first-order chi connectivity index (χ1) is 8.79. The van der Waals surface area contributed by atoms with Gasteiger partial charge in [0.2, 0.25) is 0 Å². The summed E-state index contributed by atoms with van der Waals surface area (Å²) in [6, 6.07) is 15.6. The predicted octanol–water partition coefficient (Wildman–Crippen LogP) is 3.35. The standard InChI is InChI=1S/C16H21NO/c1-13(9-10-18-2)17-12-14-7-8-15-5-3-4-6-16(15)11-14/h3-8,11,13,17H,9-10,12H2,1-2H3. The molecule has 0 aromatic heterocycles. The third-order valence-corrected chi connectivity index (χ3v) is 3.22. The quantitative estimate of drug-likeness (QED) is 0.840. The average molecular weight is 243 g/mol. The first kappa shape index (κ1) is 13.1. The lowest BCUT2D eigenvalue weighted by Crippen LogP contribution is -2.26. The van der Waals surface area contributed by atoms with Crippen molar-refractivity contribution in [2.24, 2.45) is 0 Å². The van der Waals surface area contributed by atoms with Crippen LogP contribution in [-0.2, 0) is 11.3 Å². The zero-order chi connectivity index (χ0) is 12.8. The van der Waals surface area contributed by atoms with Crippen LogP contribution in [0.4, 0.5) is 0 Å². The lowest BCUT2D eigenvalue weighted by atomic mass is 10.1. The molecule has 2 heteroatoms. The van der Waals surface area contributed by atoms with Gasteiger partial charge in [-0.3, -0.25) is 0 Å². The van der Waals surface area contributed by atoms with E-state index < -0.39 is 0 Å². The first-order valence-corrected chi connectivity index (χ1v) is 6.49. The average Bonchev–Trinajstić information content (AvgIpc) is 2.42. The molecule has 0 aliphatic rings. The van der Waals surface area contributed by atoms with E-state index >= 15 is 0 Å². The van der Waals surface area contributed by atoms with Crippen LogP contribution in [0, 0.1) is 0 Å². The molecule has 1 unspecified atom stereocenters. The molecule has 0 fully saturated rings. The van der Waals surface area contributed by atoms with Crippen molar-refractivity contribution < 1.29 is 4.74 Å². The molecule has 0 aliphatic heterocycles. The van der Waals surface area contributed by atoms with Gasteiger partial charge in [0, 0.05) is 26.3 Å². The molecule has 0 bridgehead atoms. The number of rotatable bonds is 6. The molecule has 0 radical (unpaired) electrons. The number of methoxy groups -OCH3 is 1. The largest absolute Gasteiger partial charge is 0.385 e. The van der Waals surface area contributed by atoms with E-state index in [4.69, 9.17) is 4.74 Å². The molecule has 1 N–H and O–H groups in total. The number of ether oxygens (including phenoxy) is 1. The highest BCUT2D eigenvalue weighted by Crippen LogP contribution is 2.15. The van der Waals surface area contributed by atoms with Gasteiger partial charge in [-0.25, -0.2) is 0 Å². The topological polar surface area (TPSA) is 21.3 Å². The van der Waals surface area contributed by atoms with Gasteiger partial charge < -0.3 is 10.1 Å². The Morgan fingerprint density at radius 2 is 1.89 bits per heavy atom. The molecule has 0 amide bonds. The van der Waals surface area contributed by atoms with Crippen molar-refractivity contribution in [3.05, 3.63) is 48.0 Å². The Labute approximate surface area is 109 Å². The third kappa shape index (κ3) is 3.56. The van der Waals surface area contributed by atoms with E-state index in [9.17, 15) is 0 Å². The smallest absolute Gasteiger partial charge is 0.0476 e. The highest BCUT2D eigenvalue weighted by atomic mass is 16.5. The summed E-state index contributed by atoms with van der Waals surface area (Å²) in [7, 11) is 1.75. The Hall–Kier alpha value is -1.38. The molecule has 2 aromatic carbocycles. The third-order valence-electron chi connectivity index (χ3n) is 3.22. The van der Waals surface area contributed by atoms with Gasteiger partial charge in [0.15, 0.2) is 0 Å². The number of hydrogen-bond acceptors (Lipinski definition) is 2. The fraction of sp³-hybridized carbons (Fsp3) is 0.375. The highest BCUT2D eigenvalue weighted by Gasteiger charge is 2.01. The normalized spacial score (nSPS) is 12.8. The van der Waals surface area contributed by atoms with Crippen molar-refractivity contribution in [2.75, 3.05) is 13.7 Å².